The van der Waals surface area contributed by atoms with E-state index >= 15 is 0 Å². The minimum absolute atomic E-state index is 0.165. The highest BCUT2D eigenvalue weighted by Crippen LogP contribution is 2.19. The summed E-state index contributed by atoms with van der Waals surface area (Å²) in [6, 6.07) is 7.64. The first kappa shape index (κ1) is 18.0. The highest BCUT2D eigenvalue weighted by Gasteiger charge is 2.28. The molecule has 0 atom stereocenters. The summed E-state index contributed by atoms with van der Waals surface area (Å²) in [7, 11) is 1.66. The number of hydrogen-bond acceptors (Lipinski definition) is 5. The summed E-state index contributed by atoms with van der Waals surface area (Å²) in [4.78, 5) is 16.9. The number of methoxy groups -OCH3 is 1. The van der Waals surface area contributed by atoms with Gasteiger partial charge in [-0.2, -0.15) is 0 Å². The molecule has 0 saturated carbocycles. The van der Waals surface area contributed by atoms with E-state index in [1.54, 1.807) is 7.11 Å². The van der Waals surface area contributed by atoms with Crippen molar-refractivity contribution in [1.29, 1.82) is 0 Å². The number of carbonyl (C=O) groups excluding carboxylic acids is 1. The molecule has 6 heteroatoms. The van der Waals surface area contributed by atoms with Gasteiger partial charge in [-0.15, -0.1) is 0 Å². The van der Waals surface area contributed by atoms with Crippen LogP contribution >= 0.6 is 0 Å². The third-order valence-electron chi connectivity index (χ3n) is 4.99. The molecular weight excluding hydrogens is 320 g/mol. The van der Waals surface area contributed by atoms with E-state index in [1.807, 2.05) is 29.2 Å². The molecule has 25 heavy (non-hydrogen) atoms. The van der Waals surface area contributed by atoms with E-state index in [0.29, 0.717) is 12.5 Å². The van der Waals surface area contributed by atoms with Gasteiger partial charge in [0.25, 0.3) is 0 Å². The largest absolute Gasteiger partial charge is 0.497 e. The maximum atomic E-state index is 12.5. The summed E-state index contributed by atoms with van der Waals surface area (Å²) in [5, 5.41) is 0. The summed E-state index contributed by atoms with van der Waals surface area (Å²) in [6.07, 6.45) is 1.74. The van der Waals surface area contributed by atoms with Crippen LogP contribution in [0.15, 0.2) is 24.3 Å². The first-order valence-corrected chi connectivity index (χ1v) is 9.12. The average molecular weight is 348 g/mol. The molecule has 2 fully saturated rings. The van der Waals surface area contributed by atoms with Crippen molar-refractivity contribution in [3.8, 4) is 11.5 Å². The van der Waals surface area contributed by atoms with Gasteiger partial charge in [0.1, 0.15) is 18.1 Å². The molecule has 2 heterocycles. The zero-order valence-electron chi connectivity index (χ0n) is 15.0. The van der Waals surface area contributed by atoms with Crippen LogP contribution in [0.4, 0.5) is 0 Å². The lowest BCUT2D eigenvalue weighted by molar-refractivity contribution is -0.140. The summed E-state index contributed by atoms with van der Waals surface area (Å²) in [5.41, 5.74) is 0. The Kier molecular flexibility index (Phi) is 6.53. The minimum atomic E-state index is 0.165. The van der Waals surface area contributed by atoms with Crippen molar-refractivity contribution in [2.75, 3.05) is 59.7 Å². The Balaban J connectivity index is 1.35. The third-order valence-corrected chi connectivity index (χ3v) is 4.99. The monoisotopic (exact) mass is 348 g/mol. The van der Waals surface area contributed by atoms with Crippen molar-refractivity contribution >= 4 is 5.91 Å². The summed E-state index contributed by atoms with van der Waals surface area (Å²) in [5.74, 6) is 2.17. The van der Waals surface area contributed by atoms with Gasteiger partial charge in [0.05, 0.1) is 7.11 Å². The van der Waals surface area contributed by atoms with Crippen LogP contribution in [-0.2, 0) is 9.53 Å². The Morgan fingerprint density at radius 2 is 1.72 bits per heavy atom. The number of hydrogen-bond donors (Lipinski definition) is 0. The van der Waals surface area contributed by atoms with Crippen LogP contribution in [-0.4, -0.2) is 75.4 Å². The molecule has 0 aliphatic carbocycles. The van der Waals surface area contributed by atoms with Gasteiger partial charge < -0.3 is 19.1 Å². The number of nitrogens with zero attached hydrogens (tertiary/aromatic N) is 2. The Bertz CT molecular complexity index is 535. The smallest absolute Gasteiger partial charge is 0.225 e. The maximum Gasteiger partial charge on any atom is 0.225 e. The standard InChI is InChI=1S/C19H28N2O4/c1-23-17-2-4-18(5-3-17)25-15-12-20-8-10-21(11-9-20)19(22)16-6-13-24-14-7-16/h2-5,16H,6-15H2,1H3. The molecule has 2 aliphatic heterocycles. The Labute approximate surface area is 149 Å². The first-order valence-electron chi connectivity index (χ1n) is 9.12. The second-order valence-electron chi connectivity index (χ2n) is 6.58. The molecule has 0 radical (unpaired) electrons. The number of ether oxygens (including phenoxy) is 3. The molecule has 0 aromatic heterocycles. The topological polar surface area (TPSA) is 51.2 Å². The second kappa shape index (κ2) is 9.06. The lowest BCUT2D eigenvalue weighted by Gasteiger charge is -2.37. The van der Waals surface area contributed by atoms with Crippen molar-refractivity contribution < 1.29 is 19.0 Å². The van der Waals surface area contributed by atoms with Crippen LogP contribution < -0.4 is 9.47 Å². The number of amides is 1. The Morgan fingerprint density at radius 1 is 1.08 bits per heavy atom. The summed E-state index contributed by atoms with van der Waals surface area (Å²) in [6.45, 7) is 6.45. The molecule has 0 unspecified atom stereocenters. The molecule has 2 saturated heterocycles. The zero-order chi connectivity index (χ0) is 17.5. The SMILES string of the molecule is COc1ccc(OCCN2CCN(C(=O)C3CCOCC3)CC2)cc1. The normalized spacial score (nSPS) is 19.6. The Morgan fingerprint density at radius 3 is 2.36 bits per heavy atom. The highest BCUT2D eigenvalue weighted by atomic mass is 16.5. The van der Waals surface area contributed by atoms with Crippen molar-refractivity contribution in [2.45, 2.75) is 12.8 Å². The fraction of sp³-hybridized carbons (Fsp3) is 0.632. The van der Waals surface area contributed by atoms with E-state index in [2.05, 4.69) is 4.90 Å². The lowest BCUT2D eigenvalue weighted by Crippen LogP contribution is -2.51. The molecule has 1 aromatic rings. The predicted molar refractivity (Wildman–Crippen MR) is 95.1 cm³/mol. The predicted octanol–water partition coefficient (Wildman–Crippen LogP) is 1.64. The molecule has 1 amide bonds. The van der Waals surface area contributed by atoms with Gasteiger partial charge in [0.2, 0.25) is 5.91 Å². The van der Waals surface area contributed by atoms with Crippen LogP contribution in [0.5, 0.6) is 11.5 Å². The zero-order valence-corrected chi connectivity index (χ0v) is 15.0. The van der Waals surface area contributed by atoms with Gasteiger partial charge in [-0.05, 0) is 37.1 Å². The molecule has 0 N–H and O–H groups in total. The van der Waals surface area contributed by atoms with Crippen LogP contribution in [0.25, 0.3) is 0 Å². The van der Waals surface area contributed by atoms with E-state index in [1.165, 1.54) is 0 Å². The first-order chi connectivity index (χ1) is 12.3. The van der Waals surface area contributed by atoms with E-state index < -0.39 is 0 Å². The highest BCUT2D eigenvalue weighted by molar-refractivity contribution is 5.79. The minimum Gasteiger partial charge on any atom is -0.497 e. The number of benzene rings is 1. The van der Waals surface area contributed by atoms with Gasteiger partial charge in [-0.1, -0.05) is 0 Å². The fourth-order valence-corrected chi connectivity index (χ4v) is 3.36. The fourth-order valence-electron chi connectivity index (χ4n) is 3.36. The summed E-state index contributed by atoms with van der Waals surface area (Å²) < 4.78 is 16.3. The molecule has 138 valence electrons. The molecular formula is C19H28N2O4. The van der Waals surface area contributed by atoms with Gasteiger partial charge in [0.15, 0.2) is 0 Å². The van der Waals surface area contributed by atoms with Crippen LogP contribution in [0.3, 0.4) is 0 Å². The Hall–Kier alpha value is -1.79. The van der Waals surface area contributed by atoms with Crippen LogP contribution in [0.1, 0.15) is 12.8 Å². The molecule has 0 spiro atoms. The van der Waals surface area contributed by atoms with Gasteiger partial charge in [-0.25, -0.2) is 0 Å². The lowest BCUT2D eigenvalue weighted by atomic mass is 9.98. The number of carbonyl (C=O) groups is 1. The van der Waals surface area contributed by atoms with Crippen molar-refractivity contribution in [2.24, 2.45) is 5.92 Å². The van der Waals surface area contributed by atoms with E-state index in [0.717, 1.165) is 70.3 Å². The van der Waals surface area contributed by atoms with Gasteiger partial charge >= 0.3 is 0 Å². The van der Waals surface area contributed by atoms with Crippen molar-refractivity contribution in [3.05, 3.63) is 24.3 Å². The number of rotatable bonds is 6. The molecule has 0 bridgehead atoms. The number of piperazine rings is 1. The van der Waals surface area contributed by atoms with Gasteiger partial charge in [0, 0.05) is 51.9 Å². The van der Waals surface area contributed by atoms with Gasteiger partial charge in [-0.3, -0.25) is 9.69 Å². The van der Waals surface area contributed by atoms with Crippen molar-refractivity contribution in [1.82, 2.24) is 9.80 Å². The van der Waals surface area contributed by atoms with E-state index in [-0.39, 0.29) is 5.92 Å². The van der Waals surface area contributed by atoms with E-state index in [4.69, 9.17) is 14.2 Å². The second-order valence-corrected chi connectivity index (χ2v) is 6.58. The average Bonchev–Trinajstić information content (AvgIpc) is 2.69. The molecule has 3 rings (SSSR count). The maximum absolute atomic E-state index is 12.5. The van der Waals surface area contributed by atoms with E-state index in [9.17, 15) is 4.79 Å². The van der Waals surface area contributed by atoms with Crippen molar-refractivity contribution in [3.63, 3.8) is 0 Å². The summed E-state index contributed by atoms with van der Waals surface area (Å²) >= 11 is 0. The third kappa shape index (κ3) is 5.09. The molecule has 1 aromatic carbocycles. The van der Waals surface area contributed by atoms with Crippen LogP contribution in [0, 0.1) is 5.92 Å². The molecule has 6 nitrogen and oxygen atoms in total. The quantitative estimate of drug-likeness (QED) is 0.782. The molecule has 2 aliphatic rings. The van der Waals surface area contributed by atoms with Crippen LogP contribution in [0.2, 0.25) is 0 Å².